The molecule has 0 spiro atoms. The van der Waals surface area contributed by atoms with E-state index in [0.717, 1.165) is 52.3 Å². The molecule has 0 saturated heterocycles. The first-order chi connectivity index (χ1) is 15.6. The number of aryl methyl sites for hydroxylation is 1. The van der Waals surface area contributed by atoms with Crippen molar-refractivity contribution >= 4 is 11.0 Å². The minimum Gasteiger partial charge on any atom is -0.488 e. The summed E-state index contributed by atoms with van der Waals surface area (Å²) in [7, 11) is 0. The molecule has 5 rings (SSSR count). The Labute approximate surface area is 188 Å². The fourth-order valence-electron chi connectivity index (χ4n) is 4.37. The monoisotopic (exact) mass is 425 g/mol. The van der Waals surface area contributed by atoms with Crippen LogP contribution in [0.1, 0.15) is 29.8 Å². The van der Waals surface area contributed by atoms with E-state index in [9.17, 15) is 5.11 Å². The van der Waals surface area contributed by atoms with Crippen molar-refractivity contribution in [2.24, 2.45) is 0 Å². The van der Waals surface area contributed by atoms with Crippen molar-refractivity contribution in [1.82, 2.24) is 15.3 Å². The van der Waals surface area contributed by atoms with Gasteiger partial charge in [0, 0.05) is 17.2 Å². The SMILES string of the molecule is Cc1nc2cc3c(cc2nc1-c1ccccc1)[C@H](NCCc1ccccc1)[C@@H](O)C(C)O3. The standard InChI is InChI=1S/C27H27N3O2/c1-17-25(20-11-7-4-8-12-20)30-22-15-21-24(16-23(22)29-17)32-18(2)27(31)26(21)28-14-13-19-9-5-3-6-10-19/h3-12,15-16,18,26-28,31H,13-14H2,1-2H3/t18?,26-,27-/m0/s1. The summed E-state index contributed by atoms with van der Waals surface area (Å²) < 4.78 is 6.04. The normalized spacial score (nSPS) is 20.0. The lowest BCUT2D eigenvalue weighted by molar-refractivity contribution is 0.00286. The molecule has 3 aromatic carbocycles. The molecule has 5 heteroatoms. The number of nitrogens with one attached hydrogen (secondary N) is 1. The number of aromatic nitrogens is 2. The number of fused-ring (bicyclic) bond motifs is 2. The Morgan fingerprint density at radius 1 is 0.938 bits per heavy atom. The van der Waals surface area contributed by atoms with Crippen LogP contribution < -0.4 is 10.1 Å². The molecule has 32 heavy (non-hydrogen) atoms. The number of benzene rings is 3. The Hall–Kier alpha value is -3.28. The number of aliphatic hydroxyl groups excluding tert-OH is 1. The van der Waals surface area contributed by atoms with Gasteiger partial charge in [0.05, 0.1) is 28.5 Å². The summed E-state index contributed by atoms with van der Waals surface area (Å²) in [6.07, 6.45) is -0.0751. The molecule has 0 bridgehead atoms. The van der Waals surface area contributed by atoms with Gasteiger partial charge in [-0.3, -0.25) is 0 Å². The molecule has 0 amide bonds. The van der Waals surface area contributed by atoms with Crippen molar-refractivity contribution in [1.29, 1.82) is 0 Å². The molecular formula is C27H27N3O2. The van der Waals surface area contributed by atoms with Crippen molar-refractivity contribution in [3.05, 3.63) is 89.6 Å². The molecule has 5 nitrogen and oxygen atoms in total. The van der Waals surface area contributed by atoms with Gasteiger partial charge in [0.25, 0.3) is 0 Å². The Morgan fingerprint density at radius 3 is 2.38 bits per heavy atom. The summed E-state index contributed by atoms with van der Waals surface area (Å²) in [6.45, 7) is 4.64. The zero-order valence-electron chi connectivity index (χ0n) is 18.3. The molecular weight excluding hydrogens is 398 g/mol. The second kappa shape index (κ2) is 8.69. The van der Waals surface area contributed by atoms with E-state index in [0.29, 0.717) is 0 Å². The number of aliphatic hydroxyl groups is 1. The highest BCUT2D eigenvalue weighted by molar-refractivity contribution is 5.81. The number of rotatable bonds is 5. The lowest BCUT2D eigenvalue weighted by Crippen LogP contribution is -2.45. The summed E-state index contributed by atoms with van der Waals surface area (Å²) in [5.41, 5.74) is 6.58. The fourth-order valence-corrected chi connectivity index (χ4v) is 4.37. The number of hydrogen-bond acceptors (Lipinski definition) is 5. The van der Waals surface area contributed by atoms with Gasteiger partial charge in [-0.15, -0.1) is 0 Å². The summed E-state index contributed by atoms with van der Waals surface area (Å²) in [4.78, 5) is 9.74. The predicted molar refractivity (Wildman–Crippen MR) is 127 cm³/mol. The van der Waals surface area contributed by atoms with Crippen LogP contribution in [0.2, 0.25) is 0 Å². The van der Waals surface area contributed by atoms with Gasteiger partial charge in [0.15, 0.2) is 0 Å². The third-order valence-corrected chi connectivity index (χ3v) is 6.11. The maximum atomic E-state index is 10.9. The number of hydrogen-bond donors (Lipinski definition) is 2. The van der Waals surface area contributed by atoms with E-state index in [-0.39, 0.29) is 12.1 Å². The lowest BCUT2D eigenvalue weighted by Gasteiger charge is -2.36. The molecule has 0 aliphatic carbocycles. The molecule has 0 saturated carbocycles. The van der Waals surface area contributed by atoms with Gasteiger partial charge in [-0.2, -0.15) is 0 Å². The molecule has 2 heterocycles. The molecule has 1 unspecified atom stereocenters. The van der Waals surface area contributed by atoms with Gasteiger partial charge in [-0.1, -0.05) is 60.7 Å². The minimum absolute atomic E-state index is 0.231. The third kappa shape index (κ3) is 3.97. The van der Waals surface area contributed by atoms with Crippen molar-refractivity contribution in [3.8, 4) is 17.0 Å². The Balaban J connectivity index is 1.49. The molecule has 2 N–H and O–H groups in total. The van der Waals surface area contributed by atoms with Gasteiger partial charge in [-0.05, 0) is 38.4 Å². The second-order valence-electron chi connectivity index (χ2n) is 8.38. The topological polar surface area (TPSA) is 67.3 Å². The maximum absolute atomic E-state index is 10.9. The van der Waals surface area contributed by atoms with E-state index in [1.165, 1.54) is 5.56 Å². The van der Waals surface area contributed by atoms with Crippen molar-refractivity contribution in [3.63, 3.8) is 0 Å². The van der Waals surface area contributed by atoms with Crippen LogP contribution in [0.3, 0.4) is 0 Å². The Kier molecular flexibility index (Phi) is 5.60. The van der Waals surface area contributed by atoms with Crippen LogP contribution in [0.15, 0.2) is 72.8 Å². The molecule has 1 aliphatic heterocycles. The fraction of sp³-hybridized carbons (Fsp3) is 0.259. The third-order valence-electron chi connectivity index (χ3n) is 6.11. The average Bonchev–Trinajstić information content (AvgIpc) is 2.81. The highest BCUT2D eigenvalue weighted by Crippen LogP contribution is 2.38. The molecule has 4 aromatic rings. The Bertz CT molecular complexity index is 1230. The van der Waals surface area contributed by atoms with E-state index in [1.54, 1.807) is 0 Å². The van der Waals surface area contributed by atoms with Gasteiger partial charge >= 0.3 is 0 Å². The van der Waals surface area contributed by atoms with Crippen LogP contribution in [-0.2, 0) is 6.42 Å². The zero-order valence-corrected chi connectivity index (χ0v) is 18.3. The average molecular weight is 426 g/mol. The van der Waals surface area contributed by atoms with E-state index >= 15 is 0 Å². The van der Waals surface area contributed by atoms with Gasteiger partial charge in [-0.25, -0.2) is 9.97 Å². The highest BCUT2D eigenvalue weighted by Gasteiger charge is 2.35. The number of ether oxygens (including phenoxy) is 1. The maximum Gasteiger partial charge on any atom is 0.127 e. The van der Waals surface area contributed by atoms with Crippen LogP contribution in [0.25, 0.3) is 22.3 Å². The first kappa shape index (κ1) is 20.6. The Morgan fingerprint density at radius 2 is 1.62 bits per heavy atom. The van der Waals surface area contributed by atoms with E-state index < -0.39 is 6.10 Å². The molecule has 0 radical (unpaired) electrons. The van der Waals surface area contributed by atoms with Crippen LogP contribution >= 0.6 is 0 Å². The summed E-state index contributed by atoms with van der Waals surface area (Å²) in [5, 5.41) is 14.5. The first-order valence-corrected chi connectivity index (χ1v) is 11.1. The zero-order chi connectivity index (χ0) is 22.1. The van der Waals surface area contributed by atoms with Crippen molar-refractivity contribution < 1.29 is 9.84 Å². The molecule has 1 aliphatic rings. The van der Waals surface area contributed by atoms with Crippen LogP contribution in [0.4, 0.5) is 0 Å². The number of nitrogens with zero attached hydrogens (tertiary/aromatic N) is 2. The smallest absolute Gasteiger partial charge is 0.127 e. The molecule has 1 aromatic heterocycles. The van der Waals surface area contributed by atoms with Crippen LogP contribution in [-0.4, -0.2) is 33.8 Å². The predicted octanol–water partition coefficient (Wildman–Crippen LogP) is 4.62. The van der Waals surface area contributed by atoms with Gasteiger partial charge in [0.2, 0.25) is 0 Å². The van der Waals surface area contributed by atoms with Crippen LogP contribution in [0, 0.1) is 6.92 Å². The first-order valence-electron chi connectivity index (χ1n) is 11.1. The lowest BCUT2D eigenvalue weighted by atomic mass is 9.93. The largest absolute Gasteiger partial charge is 0.488 e. The van der Waals surface area contributed by atoms with E-state index in [2.05, 4.69) is 17.4 Å². The highest BCUT2D eigenvalue weighted by atomic mass is 16.5. The quantitative estimate of drug-likeness (QED) is 0.488. The van der Waals surface area contributed by atoms with Crippen LogP contribution in [0.5, 0.6) is 5.75 Å². The van der Waals surface area contributed by atoms with Gasteiger partial charge < -0.3 is 15.2 Å². The molecule has 3 atom stereocenters. The van der Waals surface area contributed by atoms with Gasteiger partial charge in [0.1, 0.15) is 18.0 Å². The molecule has 0 fully saturated rings. The summed E-state index contributed by atoms with van der Waals surface area (Å²) in [5.74, 6) is 0.758. The van der Waals surface area contributed by atoms with E-state index in [4.69, 9.17) is 14.7 Å². The summed E-state index contributed by atoms with van der Waals surface area (Å²) >= 11 is 0. The summed E-state index contributed by atoms with van der Waals surface area (Å²) in [6, 6.07) is 24.2. The van der Waals surface area contributed by atoms with Crippen molar-refractivity contribution in [2.75, 3.05) is 6.54 Å². The van der Waals surface area contributed by atoms with Crippen molar-refractivity contribution in [2.45, 2.75) is 38.5 Å². The minimum atomic E-state index is -0.650. The van der Waals surface area contributed by atoms with E-state index in [1.807, 2.05) is 74.5 Å². The molecule has 162 valence electrons. The second-order valence-corrected chi connectivity index (χ2v) is 8.38.